The highest BCUT2D eigenvalue weighted by Crippen LogP contribution is 2.31. The number of anilines is 3. The fourth-order valence-corrected chi connectivity index (χ4v) is 4.29. The lowest BCUT2D eigenvalue weighted by molar-refractivity contribution is 0.0240. The number of fused-ring (bicyclic) bond motifs is 1. The second-order valence-corrected chi connectivity index (χ2v) is 9.85. The summed E-state index contributed by atoms with van der Waals surface area (Å²) in [5, 5.41) is 10.8. The van der Waals surface area contributed by atoms with Crippen molar-refractivity contribution in [2.45, 2.75) is 31.5 Å². The van der Waals surface area contributed by atoms with Crippen LogP contribution in [0.15, 0.2) is 23.6 Å². The summed E-state index contributed by atoms with van der Waals surface area (Å²) in [7, 11) is 0. The van der Waals surface area contributed by atoms with E-state index in [2.05, 4.69) is 20.5 Å². The van der Waals surface area contributed by atoms with E-state index in [9.17, 15) is 9.59 Å². The quantitative estimate of drug-likeness (QED) is 0.385. The van der Waals surface area contributed by atoms with Gasteiger partial charge in [-0.1, -0.05) is 11.8 Å². The van der Waals surface area contributed by atoms with Crippen molar-refractivity contribution in [3.63, 3.8) is 0 Å². The molecule has 2 aromatic heterocycles. The Morgan fingerprint density at radius 2 is 1.83 bits per heavy atom. The molecule has 0 radical (unpaired) electrons. The van der Waals surface area contributed by atoms with E-state index in [1.807, 2.05) is 0 Å². The molecule has 11 nitrogen and oxygen atoms in total. The lowest BCUT2D eigenvalue weighted by Crippen LogP contribution is -2.50. The average molecular weight is 521 g/mol. The number of carbonyl (C=O) groups excluding carboxylic acids is 2. The van der Waals surface area contributed by atoms with Gasteiger partial charge in [-0.25, -0.2) is 18.6 Å². The van der Waals surface area contributed by atoms with Gasteiger partial charge in [0.25, 0.3) is 5.91 Å². The Kier molecular flexibility index (Phi) is 6.89. The van der Waals surface area contributed by atoms with Gasteiger partial charge in [-0.15, -0.1) is 10.2 Å². The minimum absolute atomic E-state index is 0.0580. The number of nitrogens with zero attached hydrogens (tertiary/aromatic N) is 6. The Labute approximate surface area is 210 Å². The topological polar surface area (TPSA) is 131 Å². The zero-order chi connectivity index (χ0) is 26.2. The molecule has 0 bridgehead atoms. The van der Waals surface area contributed by atoms with Crippen molar-refractivity contribution in [1.82, 2.24) is 24.5 Å². The summed E-state index contributed by atoms with van der Waals surface area (Å²) in [6, 6.07) is 2.06. The van der Waals surface area contributed by atoms with Crippen LogP contribution in [0.2, 0.25) is 0 Å². The number of halogens is 2. The fourth-order valence-electron chi connectivity index (χ4n) is 3.78. The van der Waals surface area contributed by atoms with E-state index in [1.165, 1.54) is 27.4 Å². The van der Waals surface area contributed by atoms with E-state index < -0.39 is 29.2 Å². The van der Waals surface area contributed by atoms with Crippen LogP contribution in [0.3, 0.4) is 0 Å². The Morgan fingerprint density at radius 3 is 2.44 bits per heavy atom. The summed E-state index contributed by atoms with van der Waals surface area (Å²) in [4.78, 5) is 31.9. The Balaban J connectivity index is 1.56. The molecule has 0 aliphatic carbocycles. The van der Waals surface area contributed by atoms with Crippen molar-refractivity contribution >= 4 is 46.6 Å². The van der Waals surface area contributed by atoms with Gasteiger partial charge in [-0.2, -0.15) is 0 Å². The van der Waals surface area contributed by atoms with Gasteiger partial charge < -0.3 is 25.6 Å². The van der Waals surface area contributed by atoms with E-state index in [0.29, 0.717) is 31.3 Å². The number of rotatable bonds is 5. The number of primary amides is 1. The first-order chi connectivity index (χ1) is 17.0. The number of hydrogen-bond acceptors (Lipinski definition) is 9. The molecule has 0 spiro atoms. The number of thioether (sulfide) groups is 1. The third-order valence-electron chi connectivity index (χ3n) is 5.41. The molecule has 192 valence electrons. The number of nitrogens with two attached hydrogens (primary N) is 1. The largest absolute Gasteiger partial charge is 0.444 e. The molecule has 4 rings (SSSR count). The zero-order valence-corrected chi connectivity index (χ0v) is 21.0. The Hall–Kier alpha value is -3.68. The lowest BCUT2D eigenvalue weighted by Gasteiger charge is -2.36. The summed E-state index contributed by atoms with van der Waals surface area (Å²) in [6.45, 7) is 6.55. The predicted octanol–water partition coefficient (Wildman–Crippen LogP) is 3.02. The molecule has 1 saturated heterocycles. The van der Waals surface area contributed by atoms with Gasteiger partial charge in [0, 0.05) is 38.3 Å². The summed E-state index contributed by atoms with van der Waals surface area (Å²) in [6.07, 6.45) is 2.69. The molecular formula is C22H26F2N8O3S. The predicted molar refractivity (Wildman–Crippen MR) is 131 cm³/mol. The number of carbonyl (C=O) groups is 2. The number of aromatic nitrogens is 4. The highest BCUT2D eigenvalue weighted by molar-refractivity contribution is 7.98. The van der Waals surface area contributed by atoms with Crippen molar-refractivity contribution in [3.05, 3.63) is 35.7 Å². The molecule has 0 atom stereocenters. The average Bonchev–Trinajstić information content (AvgIpc) is 3.29. The normalized spacial score (nSPS) is 14.3. The summed E-state index contributed by atoms with van der Waals surface area (Å²) < 4.78 is 37.1. The molecule has 14 heteroatoms. The SMILES string of the molecule is CSc1nc(Nc2cc(F)c(N3CCN(C(=O)OC(C)(C)C)CC3)cc2F)c(C(N)=O)c2nncn12. The van der Waals surface area contributed by atoms with Gasteiger partial charge in [0.1, 0.15) is 34.9 Å². The van der Waals surface area contributed by atoms with Gasteiger partial charge in [0.15, 0.2) is 10.8 Å². The molecule has 36 heavy (non-hydrogen) atoms. The van der Waals surface area contributed by atoms with Crippen molar-refractivity contribution in [1.29, 1.82) is 0 Å². The number of ether oxygens (including phenoxy) is 1. The van der Waals surface area contributed by atoms with Crippen LogP contribution in [-0.4, -0.2) is 74.5 Å². The van der Waals surface area contributed by atoms with Gasteiger partial charge >= 0.3 is 6.09 Å². The van der Waals surface area contributed by atoms with Crippen molar-refractivity contribution in [2.75, 3.05) is 42.7 Å². The Bertz CT molecular complexity index is 1320. The number of nitrogens with one attached hydrogen (secondary N) is 1. The summed E-state index contributed by atoms with van der Waals surface area (Å²) in [5.41, 5.74) is 4.77. The Morgan fingerprint density at radius 1 is 1.14 bits per heavy atom. The van der Waals surface area contributed by atoms with Crippen LogP contribution in [0.1, 0.15) is 31.1 Å². The van der Waals surface area contributed by atoms with Crippen LogP contribution < -0.4 is 16.0 Å². The monoisotopic (exact) mass is 520 g/mol. The van der Waals surface area contributed by atoms with Crippen LogP contribution in [0.25, 0.3) is 5.65 Å². The summed E-state index contributed by atoms with van der Waals surface area (Å²) >= 11 is 1.25. The first kappa shape index (κ1) is 25.4. The number of amides is 2. The van der Waals surface area contributed by atoms with Crippen LogP contribution in [0, 0.1) is 11.6 Å². The molecule has 1 aliphatic rings. The van der Waals surface area contributed by atoms with E-state index in [4.69, 9.17) is 10.5 Å². The van der Waals surface area contributed by atoms with Crippen molar-refractivity contribution in [3.8, 4) is 0 Å². The third-order valence-corrected chi connectivity index (χ3v) is 6.07. The van der Waals surface area contributed by atoms with Gasteiger partial charge in [0.2, 0.25) is 0 Å². The lowest BCUT2D eigenvalue weighted by atomic mass is 10.2. The molecule has 1 aromatic carbocycles. The number of benzene rings is 1. The molecule has 1 fully saturated rings. The minimum Gasteiger partial charge on any atom is -0.444 e. The molecule has 0 saturated carbocycles. The molecule has 3 aromatic rings. The second kappa shape index (κ2) is 9.76. The highest BCUT2D eigenvalue weighted by Gasteiger charge is 2.28. The van der Waals surface area contributed by atoms with E-state index in [-0.39, 0.29) is 28.4 Å². The van der Waals surface area contributed by atoms with Crippen molar-refractivity contribution < 1.29 is 23.1 Å². The van der Waals surface area contributed by atoms with Gasteiger partial charge in [0.05, 0.1) is 11.4 Å². The maximum atomic E-state index is 15.1. The highest BCUT2D eigenvalue weighted by atomic mass is 32.2. The van der Waals surface area contributed by atoms with Crippen LogP contribution in [0.4, 0.5) is 30.8 Å². The van der Waals surface area contributed by atoms with Crippen LogP contribution in [0.5, 0.6) is 0 Å². The molecule has 3 N–H and O–H groups in total. The molecule has 1 aliphatic heterocycles. The minimum atomic E-state index is -0.851. The maximum Gasteiger partial charge on any atom is 0.410 e. The fraction of sp³-hybridized carbons (Fsp3) is 0.409. The third kappa shape index (κ3) is 5.12. The van der Waals surface area contributed by atoms with Gasteiger partial charge in [-0.3, -0.25) is 9.20 Å². The number of hydrogen-bond donors (Lipinski definition) is 2. The standard InChI is InChI=1S/C22H26F2N8O3S/c1-22(2,3)35-21(34)31-7-5-30(6-8-31)15-10-12(23)14(9-13(15)24)27-18-16(17(25)33)19-29-26-11-32(19)20(28-18)36-4/h9-11,27H,5-8H2,1-4H3,(H2,25,33). The first-order valence-electron chi connectivity index (χ1n) is 11.0. The van der Waals surface area contributed by atoms with Crippen LogP contribution >= 0.6 is 11.8 Å². The molecule has 2 amide bonds. The van der Waals surface area contributed by atoms with Crippen LogP contribution in [-0.2, 0) is 4.74 Å². The summed E-state index contributed by atoms with van der Waals surface area (Å²) in [5.74, 6) is -2.36. The zero-order valence-electron chi connectivity index (χ0n) is 20.2. The molecular weight excluding hydrogens is 494 g/mol. The second-order valence-electron chi connectivity index (χ2n) is 9.07. The molecule has 0 unspecified atom stereocenters. The number of piperazine rings is 1. The molecule has 3 heterocycles. The first-order valence-corrected chi connectivity index (χ1v) is 12.3. The smallest absolute Gasteiger partial charge is 0.410 e. The maximum absolute atomic E-state index is 15.1. The van der Waals surface area contributed by atoms with Gasteiger partial charge in [-0.05, 0) is 27.0 Å². The van der Waals surface area contributed by atoms with E-state index in [1.54, 1.807) is 31.9 Å². The van der Waals surface area contributed by atoms with E-state index >= 15 is 8.78 Å². The van der Waals surface area contributed by atoms with E-state index in [0.717, 1.165) is 12.1 Å². The van der Waals surface area contributed by atoms with Crippen molar-refractivity contribution in [2.24, 2.45) is 5.73 Å².